The van der Waals surface area contributed by atoms with Gasteiger partial charge in [-0.1, -0.05) is 13.8 Å². The molecule has 0 saturated carbocycles. The molecule has 0 aromatic heterocycles. The number of likely N-dealkylation sites (N-methyl/N-ethyl adjacent to an activating group) is 2. The first-order valence-electron chi connectivity index (χ1n) is 4.35. The Balaban J connectivity index is 3.34. The molecule has 0 aliphatic carbocycles. The summed E-state index contributed by atoms with van der Waals surface area (Å²) in [6, 6.07) is 0. The maximum atomic E-state index is 5.45. The highest BCUT2D eigenvalue weighted by molar-refractivity contribution is 4.55. The second-order valence-corrected chi connectivity index (χ2v) is 2.79. The minimum Gasteiger partial charge on any atom is -0.318 e. The maximum Gasteiger partial charge on any atom is 0.0452 e. The van der Waals surface area contributed by atoms with Gasteiger partial charge in [0.05, 0.1) is 0 Å². The van der Waals surface area contributed by atoms with Crippen LogP contribution in [0, 0.1) is 0 Å². The van der Waals surface area contributed by atoms with E-state index in [0.717, 1.165) is 26.2 Å². The zero-order valence-electron chi connectivity index (χ0n) is 8.01. The van der Waals surface area contributed by atoms with Gasteiger partial charge in [-0.15, -0.1) is 0 Å². The molecule has 0 bridgehead atoms. The highest BCUT2D eigenvalue weighted by Gasteiger charge is 1.99. The SMILES string of the molecule is CCN(CC)CCN(C)CN. The van der Waals surface area contributed by atoms with Gasteiger partial charge in [-0.3, -0.25) is 4.90 Å². The van der Waals surface area contributed by atoms with Crippen LogP contribution < -0.4 is 5.73 Å². The van der Waals surface area contributed by atoms with Crippen LogP contribution in [-0.4, -0.2) is 49.7 Å². The van der Waals surface area contributed by atoms with E-state index in [1.165, 1.54) is 0 Å². The van der Waals surface area contributed by atoms with Gasteiger partial charge in [0.15, 0.2) is 0 Å². The molecule has 0 fully saturated rings. The predicted octanol–water partition coefficient (Wildman–Crippen LogP) is 0.176. The zero-order chi connectivity index (χ0) is 8.69. The van der Waals surface area contributed by atoms with Gasteiger partial charge in [-0.05, 0) is 20.1 Å². The summed E-state index contributed by atoms with van der Waals surface area (Å²) in [5.74, 6) is 0. The Labute approximate surface area is 70.2 Å². The van der Waals surface area contributed by atoms with E-state index in [-0.39, 0.29) is 0 Å². The minimum absolute atomic E-state index is 0.654. The maximum absolute atomic E-state index is 5.45. The van der Waals surface area contributed by atoms with Crippen molar-refractivity contribution in [1.29, 1.82) is 0 Å². The van der Waals surface area contributed by atoms with Crippen LogP contribution in [0.15, 0.2) is 0 Å². The van der Waals surface area contributed by atoms with Gasteiger partial charge >= 0.3 is 0 Å². The first-order chi connectivity index (χ1) is 5.24. The highest BCUT2D eigenvalue weighted by Crippen LogP contribution is 1.87. The molecule has 68 valence electrons. The molecular weight excluding hydrogens is 138 g/mol. The van der Waals surface area contributed by atoms with Crippen LogP contribution in [-0.2, 0) is 0 Å². The predicted molar refractivity (Wildman–Crippen MR) is 49.5 cm³/mol. The fourth-order valence-electron chi connectivity index (χ4n) is 0.943. The van der Waals surface area contributed by atoms with Crippen LogP contribution in [0.5, 0.6) is 0 Å². The van der Waals surface area contributed by atoms with Gasteiger partial charge < -0.3 is 10.6 Å². The molecule has 0 aromatic carbocycles. The van der Waals surface area contributed by atoms with Gasteiger partial charge in [-0.25, -0.2) is 0 Å². The first-order valence-corrected chi connectivity index (χ1v) is 4.35. The monoisotopic (exact) mass is 159 g/mol. The third-order valence-corrected chi connectivity index (χ3v) is 2.00. The third-order valence-electron chi connectivity index (χ3n) is 2.00. The zero-order valence-corrected chi connectivity index (χ0v) is 8.01. The van der Waals surface area contributed by atoms with E-state index in [9.17, 15) is 0 Å². The Morgan fingerprint density at radius 1 is 1.09 bits per heavy atom. The molecule has 0 aliphatic rings. The van der Waals surface area contributed by atoms with Crippen molar-refractivity contribution in [2.24, 2.45) is 5.73 Å². The number of nitrogens with zero attached hydrogens (tertiary/aromatic N) is 2. The standard InChI is InChI=1S/C8H21N3/c1-4-11(5-2)7-6-10(3)8-9/h4-9H2,1-3H3. The number of nitrogens with two attached hydrogens (primary N) is 1. The summed E-state index contributed by atoms with van der Waals surface area (Å²) >= 11 is 0. The van der Waals surface area contributed by atoms with Crippen molar-refractivity contribution in [3.05, 3.63) is 0 Å². The van der Waals surface area contributed by atoms with Gasteiger partial charge in [0.25, 0.3) is 0 Å². The van der Waals surface area contributed by atoms with Gasteiger partial charge in [-0.2, -0.15) is 0 Å². The number of rotatable bonds is 6. The fraction of sp³-hybridized carbons (Fsp3) is 1.00. The molecule has 0 rings (SSSR count). The molecule has 0 aliphatic heterocycles. The molecule has 0 aromatic rings. The average Bonchev–Trinajstić information content (AvgIpc) is 2.06. The quantitative estimate of drug-likeness (QED) is 0.561. The average molecular weight is 159 g/mol. The molecule has 0 amide bonds. The lowest BCUT2D eigenvalue weighted by molar-refractivity contribution is 0.244. The minimum atomic E-state index is 0.654. The van der Waals surface area contributed by atoms with E-state index in [1.807, 2.05) is 7.05 Å². The number of hydrogen-bond acceptors (Lipinski definition) is 3. The molecule has 0 saturated heterocycles. The summed E-state index contributed by atoms with van der Waals surface area (Å²) in [6.07, 6.45) is 0. The molecule has 0 radical (unpaired) electrons. The van der Waals surface area contributed by atoms with E-state index in [4.69, 9.17) is 5.73 Å². The van der Waals surface area contributed by atoms with E-state index in [1.54, 1.807) is 0 Å². The topological polar surface area (TPSA) is 32.5 Å². The summed E-state index contributed by atoms with van der Waals surface area (Å²) < 4.78 is 0. The van der Waals surface area contributed by atoms with Crippen molar-refractivity contribution in [3.8, 4) is 0 Å². The van der Waals surface area contributed by atoms with E-state index < -0.39 is 0 Å². The van der Waals surface area contributed by atoms with Crippen molar-refractivity contribution in [3.63, 3.8) is 0 Å². The van der Waals surface area contributed by atoms with E-state index in [0.29, 0.717) is 6.67 Å². The molecule has 0 spiro atoms. The lowest BCUT2D eigenvalue weighted by Crippen LogP contribution is -2.35. The lowest BCUT2D eigenvalue weighted by Gasteiger charge is -2.21. The molecule has 0 unspecified atom stereocenters. The van der Waals surface area contributed by atoms with Crippen LogP contribution >= 0.6 is 0 Å². The third kappa shape index (κ3) is 5.18. The van der Waals surface area contributed by atoms with E-state index >= 15 is 0 Å². The molecule has 11 heavy (non-hydrogen) atoms. The van der Waals surface area contributed by atoms with Crippen LogP contribution in [0.1, 0.15) is 13.8 Å². The first kappa shape index (κ1) is 10.9. The van der Waals surface area contributed by atoms with Crippen LogP contribution in [0.2, 0.25) is 0 Å². The lowest BCUT2D eigenvalue weighted by atomic mass is 10.4. The smallest absolute Gasteiger partial charge is 0.0452 e. The summed E-state index contributed by atoms with van der Waals surface area (Å²) in [5, 5.41) is 0. The van der Waals surface area contributed by atoms with Crippen LogP contribution in [0.3, 0.4) is 0 Å². The Hall–Kier alpha value is -0.120. The summed E-state index contributed by atoms with van der Waals surface area (Å²) in [4.78, 5) is 4.52. The van der Waals surface area contributed by atoms with Gasteiger partial charge in [0, 0.05) is 19.8 Å². The second kappa shape index (κ2) is 6.58. The summed E-state index contributed by atoms with van der Waals surface area (Å²) in [6.45, 7) is 9.49. The molecule has 0 atom stereocenters. The van der Waals surface area contributed by atoms with Crippen molar-refractivity contribution in [1.82, 2.24) is 9.80 Å². The fourth-order valence-corrected chi connectivity index (χ4v) is 0.943. The number of hydrogen-bond donors (Lipinski definition) is 1. The van der Waals surface area contributed by atoms with Crippen molar-refractivity contribution < 1.29 is 0 Å². The second-order valence-electron chi connectivity index (χ2n) is 2.79. The van der Waals surface area contributed by atoms with Crippen LogP contribution in [0.4, 0.5) is 0 Å². The van der Waals surface area contributed by atoms with Crippen molar-refractivity contribution in [2.45, 2.75) is 13.8 Å². The largest absolute Gasteiger partial charge is 0.318 e. The molecule has 3 heteroatoms. The van der Waals surface area contributed by atoms with Gasteiger partial charge in [0.1, 0.15) is 0 Å². The normalized spacial score (nSPS) is 11.5. The molecule has 2 N–H and O–H groups in total. The summed E-state index contributed by atoms with van der Waals surface area (Å²) in [5.41, 5.74) is 5.45. The summed E-state index contributed by atoms with van der Waals surface area (Å²) in [7, 11) is 2.05. The molecule has 0 heterocycles. The Kier molecular flexibility index (Phi) is 6.51. The van der Waals surface area contributed by atoms with Crippen LogP contribution in [0.25, 0.3) is 0 Å². The Bertz CT molecular complexity index is 81.4. The molecular formula is C8H21N3. The Morgan fingerprint density at radius 3 is 2.00 bits per heavy atom. The van der Waals surface area contributed by atoms with Crippen molar-refractivity contribution in [2.75, 3.05) is 39.9 Å². The van der Waals surface area contributed by atoms with Gasteiger partial charge in [0.2, 0.25) is 0 Å². The van der Waals surface area contributed by atoms with E-state index in [2.05, 4.69) is 23.6 Å². The van der Waals surface area contributed by atoms with Crippen molar-refractivity contribution >= 4 is 0 Å². The highest BCUT2D eigenvalue weighted by atomic mass is 15.2. The molecule has 3 nitrogen and oxygen atoms in total. The Morgan fingerprint density at radius 2 is 1.64 bits per heavy atom.